The van der Waals surface area contributed by atoms with Gasteiger partial charge in [0.25, 0.3) is 0 Å². The average Bonchev–Trinajstić information content (AvgIpc) is 3.04. The summed E-state index contributed by atoms with van der Waals surface area (Å²) in [6.45, 7) is 0.0248. The maximum atomic E-state index is 12.1. The molecule has 0 saturated heterocycles. The van der Waals surface area contributed by atoms with E-state index >= 15 is 0 Å². The first-order valence-electron chi connectivity index (χ1n) is 6.54. The number of thiazole rings is 1. The number of rotatable bonds is 4. The van der Waals surface area contributed by atoms with Crippen LogP contribution in [0.2, 0.25) is 0 Å². The number of aliphatic hydroxyl groups is 1. The summed E-state index contributed by atoms with van der Waals surface area (Å²) in [6.07, 6.45) is 7.96. The van der Waals surface area contributed by atoms with Gasteiger partial charge in [0, 0.05) is 17.8 Å². The maximum Gasteiger partial charge on any atom is 0.226 e. The van der Waals surface area contributed by atoms with Crippen molar-refractivity contribution in [2.45, 2.75) is 37.6 Å². The highest BCUT2D eigenvalue weighted by Gasteiger charge is 2.34. The van der Waals surface area contributed by atoms with Gasteiger partial charge < -0.3 is 10.4 Å². The molecule has 2 N–H and O–H groups in total. The molecule has 19 heavy (non-hydrogen) atoms. The number of amides is 1. The van der Waals surface area contributed by atoms with Crippen molar-refractivity contribution in [1.82, 2.24) is 14.7 Å². The van der Waals surface area contributed by atoms with Gasteiger partial charge in [-0.05, 0) is 12.8 Å². The van der Waals surface area contributed by atoms with E-state index in [1.807, 2.05) is 22.2 Å². The molecular formula is C13H17N3O2S. The highest BCUT2D eigenvalue weighted by Crippen LogP contribution is 2.29. The van der Waals surface area contributed by atoms with Crippen molar-refractivity contribution >= 4 is 22.2 Å². The zero-order valence-corrected chi connectivity index (χ0v) is 11.4. The Balaban J connectivity index is 1.66. The Kier molecular flexibility index (Phi) is 3.28. The van der Waals surface area contributed by atoms with Crippen molar-refractivity contribution in [3.05, 3.63) is 23.5 Å². The number of nitrogens with one attached hydrogen (secondary N) is 1. The predicted molar refractivity (Wildman–Crippen MR) is 73.2 cm³/mol. The van der Waals surface area contributed by atoms with E-state index in [2.05, 4.69) is 10.3 Å². The molecule has 102 valence electrons. The Morgan fingerprint density at radius 2 is 2.32 bits per heavy atom. The molecule has 1 saturated carbocycles. The number of aliphatic hydroxyl groups excluding tert-OH is 1. The first-order chi connectivity index (χ1) is 9.21. The van der Waals surface area contributed by atoms with Crippen LogP contribution in [0.4, 0.5) is 0 Å². The second kappa shape index (κ2) is 4.94. The molecule has 1 fully saturated rings. The van der Waals surface area contributed by atoms with Gasteiger partial charge in [-0.3, -0.25) is 9.20 Å². The van der Waals surface area contributed by atoms with E-state index in [0.717, 1.165) is 36.3 Å². The van der Waals surface area contributed by atoms with Crippen LogP contribution >= 0.6 is 11.3 Å². The van der Waals surface area contributed by atoms with Crippen molar-refractivity contribution in [2.75, 3.05) is 6.61 Å². The van der Waals surface area contributed by atoms with Crippen LogP contribution < -0.4 is 5.32 Å². The fraction of sp³-hybridized carbons (Fsp3) is 0.538. The number of fused-ring (bicyclic) bond motifs is 1. The average molecular weight is 279 g/mol. The number of nitrogens with zero attached hydrogens (tertiary/aromatic N) is 2. The van der Waals surface area contributed by atoms with Gasteiger partial charge in [0.1, 0.15) is 0 Å². The van der Waals surface area contributed by atoms with E-state index in [1.165, 1.54) is 0 Å². The Morgan fingerprint density at radius 3 is 3.00 bits per heavy atom. The van der Waals surface area contributed by atoms with Crippen LogP contribution in [0, 0.1) is 0 Å². The number of aromatic nitrogens is 2. The lowest BCUT2D eigenvalue weighted by atomic mass is 9.98. The standard InChI is InChI=1S/C13H17N3O2S/c17-9-13(3-1-2-4-13)15-11(18)7-10-8-16-5-6-19-12(16)14-10/h5-6,8,17H,1-4,7,9H2,(H,15,18). The summed E-state index contributed by atoms with van der Waals surface area (Å²) in [5.41, 5.74) is 0.379. The number of carbonyl (C=O) groups excluding carboxylic acids is 1. The monoisotopic (exact) mass is 279 g/mol. The summed E-state index contributed by atoms with van der Waals surface area (Å²) in [4.78, 5) is 17.4. The van der Waals surface area contributed by atoms with E-state index in [4.69, 9.17) is 0 Å². The van der Waals surface area contributed by atoms with E-state index in [1.54, 1.807) is 11.3 Å². The molecule has 2 aromatic heterocycles. The van der Waals surface area contributed by atoms with E-state index < -0.39 is 5.54 Å². The summed E-state index contributed by atoms with van der Waals surface area (Å²) in [5, 5.41) is 14.4. The molecule has 0 radical (unpaired) electrons. The van der Waals surface area contributed by atoms with Gasteiger partial charge in [-0.2, -0.15) is 0 Å². The molecule has 0 aliphatic heterocycles. The summed E-state index contributed by atoms with van der Waals surface area (Å²) in [7, 11) is 0. The second-order valence-electron chi connectivity index (χ2n) is 5.20. The highest BCUT2D eigenvalue weighted by molar-refractivity contribution is 7.15. The molecule has 0 aromatic carbocycles. The Hall–Kier alpha value is -1.40. The second-order valence-corrected chi connectivity index (χ2v) is 6.07. The van der Waals surface area contributed by atoms with Crippen molar-refractivity contribution in [1.29, 1.82) is 0 Å². The van der Waals surface area contributed by atoms with Crippen LogP contribution in [0.5, 0.6) is 0 Å². The van der Waals surface area contributed by atoms with Gasteiger partial charge in [-0.25, -0.2) is 4.98 Å². The van der Waals surface area contributed by atoms with Crippen LogP contribution in [-0.4, -0.2) is 32.5 Å². The Morgan fingerprint density at radius 1 is 1.53 bits per heavy atom. The van der Waals surface area contributed by atoms with Crippen LogP contribution in [0.25, 0.3) is 4.96 Å². The fourth-order valence-electron chi connectivity index (χ4n) is 2.74. The number of hydrogen-bond acceptors (Lipinski definition) is 4. The summed E-state index contributed by atoms with van der Waals surface area (Å²) < 4.78 is 1.92. The molecule has 0 bridgehead atoms. The lowest BCUT2D eigenvalue weighted by molar-refractivity contribution is -0.123. The van der Waals surface area contributed by atoms with Crippen molar-refractivity contribution in [3.63, 3.8) is 0 Å². The van der Waals surface area contributed by atoms with E-state index in [0.29, 0.717) is 0 Å². The number of imidazole rings is 1. The van der Waals surface area contributed by atoms with Gasteiger partial charge in [0.05, 0.1) is 24.3 Å². The SMILES string of the molecule is O=C(Cc1cn2ccsc2n1)NC1(CO)CCCC1. The van der Waals surface area contributed by atoms with Gasteiger partial charge >= 0.3 is 0 Å². The van der Waals surface area contributed by atoms with E-state index in [9.17, 15) is 9.90 Å². The predicted octanol–water partition coefficient (Wildman–Crippen LogP) is 1.36. The fourth-order valence-corrected chi connectivity index (χ4v) is 3.46. The minimum Gasteiger partial charge on any atom is -0.394 e. The van der Waals surface area contributed by atoms with Gasteiger partial charge in [-0.15, -0.1) is 11.3 Å². The van der Waals surface area contributed by atoms with Crippen LogP contribution in [0.15, 0.2) is 17.8 Å². The molecule has 0 atom stereocenters. The molecule has 1 amide bonds. The molecule has 2 aromatic rings. The molecule has 6 heteroatoms. The third-order valence-electron chi connectivity index (χ3n) is 3.75. The van der Waals surface area contributed by atoms with Gasteiger partial charge in [0.15, 0.2) is 4.96 Å². The van der Waals surface area contributed by atoms with Crippen LogP contribution in [0.3, 0.4) is 0 Å². The Labute approximate surface area is 115 Å². The number of hydrogen-bond donors (Lipinski definition) is 2. The quantitative estimate of drug-likeness (QED) is 0.888. The van der Waals surface area contributed by atoms with Crippen LogP contribution in [-0.2, 0) is 11.2 Å². The zero-order chi connectivity index (χ0) is 13.3. The van der Waals surface area contributed by atoms with E-state index in [-0.39, 0.29) is 18.9 Å². The summed E-state index contributed by atoms with van der Waals surface area (Å²) in [5.74, 6) is -0.0540. The molecule has 5 nitrogen and oxygen atoms in total. The smallest absolute Gasteiger partial charge is 0.226 e. The molecule has 0 spiro atoms. The van der Waals surface area contributed by atoms with Crippen molar-refractivity contribution in [3.8, 4) is 0 Å². The normalized spacial score (nSPS) is 17.9. The molecule has 3 rings (SSSR count). The summed E-state index contributed by atoms with van der Waals surface area (Å²) in [6, 6.07) is 0. The molecule has 0 unspecified atom stereocenters. The van der Waals surface area contributed by atoms with Crippen molar-refractivity contribution in [2.24, 2.45) is 0 Å². The first kappa shape index (κ1) is 12.6. The third-order valence-corrected chi connectivity index (χ3v) is 4.52. The first-order valence-corrected chi connectivity index (χ1v) is 7.42. The topological polar surface area (TPSA) is 66.6 Å². The Bertz CT molecular complexity index is 555. The lowest BCUT2D eigenvalue weighted by Crippen LogP contribution is -2.49. The minimum absolute atomic E-state index is 0.0248. The largest absolute Gasteiger partial charge is 0.394 e. The molecule has 1 aliphatic carbocycles. The zero-order valence-electron chi connectivity index (χ0n) is 10.6. The van der Waals surface area contributed by atoms with Crippen molar-refractivity contribution < 1.29 is 9.90 Å². The van der Waals surface area contributed by atoms with Crippen LogP contribution in [0.1, 0.15) is 31.4 Å². The minimum atomic E-state index is -0.395. The molecule has 1 aliphatic rings. The third kappa shape index (κ3) is 2.50. The van der Waals surface area contributed by atoms with Gasteiger partial charge in [0.2, 0.25) is 5.91 Å². The van der Waals surface area contributed by atoms with Gasteiger partial charge in [-0.1, -0.05) is 12.8 Å². The lowest BCUT2D eigenvalue weighted by Gasteiger charge is -2.27. The maximum absolute atomic E-state index is 12.1. The molecular weight excluding hydrogens is 262 g/mol. The highest BCUT2D eigenvalue weighted by atomic mass is 32.1. The summed E-state index contributed by atoms with van der Waals surface area (Å²) >= 11 is 1.55. The number of carbonyl (C=O) groups is 1. The molecule has 2 heterocycles.